The van der Waals surface area contributed by atoms with Gasteiger partial charge in [0.2, 0.25) is 0 Å². The largest absolute Gasteiger partial charge is 0.390 e. The van der Waals surface area contributed by atoms with Gasteiger partial charge in [-0.2, -0.15) is 0 Å². The van der Waals surface area contributed by atoms with Gasteiger partial charge in [-0.1, -0.05) is 36.4 Å². The van der Waals surface area contributed by atoms with Crippen LogP contribution in [0.1, 0.15) is 42.4 Å². The number of piperidine rings is 1. The molecule has 3 aromatic carbocycles. The van der Waals surface area contributed by atoms with Gasteiger partial charge in [-0.3, -0.25) is 9.69 Å². The number of nitrogens with zero attached hydrogens (tertiary/aromatic N) is 3. The number of aliphatic hydroxyl groups excluding tert-OH is 1. The minimum Gasteiger partial charge on any atom is -0.390 e. The highest BCUT2D eigenvalue weighted by Gasteiger charge is 2.50. The molecule has 1 amide bonds. The molecular weight excluding hydrogens is 491 g/mol. The Hall–Kier alpha value is -3.49. The van der Waals surface area contributed by atoms with Gasteiger partial charge in [-0.15, -0.1) is 0 Å². The number of hydrogen-bond acceptors (Lipinski definition) is 4. The van der Waals surface area contributed by atoms with Crippen LogP contribution in [0.25, 0.3) is 0 Å². The standard InChI is InChI=1S/C30H30F3N3O2/c1-20-34-30(23-4-10-26(32)11-5-23,24-6-12-27(33)13-7-24)29(38)36(20)19-28(37)18-35-16-14-22(15-17-35)21-2-8-25(31)9-3-21/h2-13,22,28,37H,14-19H2,1H3/t28-/m1/s1. The fraction of sp³-hybridized carbons (Fsp3) is 0.333. The third kappa shape index (κ3) is 5.11. The lowest BCUT2D eigenvalue weighted by atomic mass is 9.82. The molecule has 0 aromatic heterocycles. The molecule has 5 nitrogen and oxygen atoms in total. The topological polar surface area (TPSA) is 56.1 Å². The molecule has 2 aliphatic rings. The van der Waals surface area contributed by atoms with Crippen LogP contribution in [-0.4, -0.2) is 58.9 Å². The molecule has 1 atom stereocenters. The first-order valence-corrected chi connectivity index (χ1v) is 12.8. The van der Waals surface area contributed by atoms with Crippen molar-refractivity contribution >= 4 is 11.7 Å². The van der Waals surface area contributed by atoms with E-state index in [4.69, 9.17) is 4.99 Å². The summed E-state index contributed by atoms with van der Waals surface area (Å²) in [6.45, 7) is 3.72. The second-order valence-corrected chi connectivity index (χ2v) is 10.1. The van der Waals surface area contributed by atoms with Crippen LogP contribution in [0, 0.1) is 17.5 Å². The van der Waals surface area contributed by atoms with E-state index in [1.807, 2.05) is 12.1 Å². The third-order valence-electron chi connectivity index (χ3n) is 7.59. The lowest BCUT2D eigenvalue weighted by molar-refractivity contribution is -0.131. The number of β-amino-alcohol motifs (C(OH)–C–C–N with tert-alkyl or cyclic N) is 1. The lowest BCUT2D eigenvalue weighted by Crippen LogP contribution is -2.47. The number of hydrogen-bond donors (Lipinski definition) is 1. The summed E-state index contributed by atoms with van der Waals surface area (Å²) in [4.78, 5) is 22.3. The molecule has 8 heteroatoms. The van der Waals surface area contributed by atoms with Crippen LogP contribution in [0.4, 0.5) is 13.2 Å². The van der Waals surface area contributed by atoms with Gasteiger partial charge in [-0.25, -0.2) is 18.2 Å². The van der Waals surface area contributed by atoms with E-state index >= 15 is 0 Å². The van der Waals surface area contributed by atoms with Crippen molar-refractivity contribution in [1.82, 2.24) is 9.80 Å². The molecule has 1 N–H and O–H groups in total. The smallest absolute Gasteiger partial charge is 0.265 e. The molecule has 1 saturated heterocycles. The normalized spacial score (nSPS) is 19.0. The maximum Gasteiger partial charge on any atom is 0.265 e. The van der Waals surface area contributed by atoms with E-state index in [0.29, 0.717) is 29.4 Å². The number of amidine groups is 1. The van der Waals surface area contributed by atoms with Crippen LogP contribution in [-0.2, 0) is 10.3 Å². The van der Waals surface area contributed by atoms with Crippen molar-refractivity contribution in [1.29, 1.82) is 0 Å². The van der Waals surface area contributed by atoms with Gasteiger partial charge in [0.25, 0.3) is 5.91 Å². The fourth-order valence-electron chi connectivity index (χ4n) is 5.58. The zero-order valence-corrected chi connectivity index (χ0v) is 21.2. The van der Waals surface area contributed by atoms with Crippen molar-refractivity contribution < 1.29 is 23.1 Å². The summed E-state index contributed by atoms with van der Waals surface area (Å²) < 4.78 is 40.7. The predicted molar refractivity (Wildman–Crippen MR) is 139 cm³/mol. The van der Waals surface area contributed by atoms with Crippen LogP contribution in [0.2, 0.25) is 0 Å². The Balaban J connectivity index is 1.28. The van der Waals surface area contributed by atoms with Gasteiger partial charge >= 0.3 is 0 Å². The van der Waals surface area contributed by atoms with Crippen LogP contribution in [0.5, 0.6) is 0 Å². The van der Waals surface area contributed by atoms with Crippen molar-refractivity contribution in [3.05, 3.63) is 107 Å². The molecule has 0 spiro atoms. The lowest BCUT2D eigenvalue weighted by Gasteiger charge is -2.34. The van der Waals surface area contributed by atoms with Crippen molar-refractivity contribution in [2.45, 2.75) is 37.3 Å². The number of halogens is 3. The average molecular weight is 522 g/mol. The minimum atomic E-state index is -1.49. The first kappa shape index (κ1) is 26.1. The molecule has 3 aromatic rings. The molecule has 2 aliphatic heterocycles. The number of aliphatic hydroxyl groups is 1. The third-order valence-corrected chi connectivity index (χ3v) is 7.59. The maximum absolute atomic E-state index is 13.9. The van der Waals surface area contributed by atoms with Gasteiger partial charge in [-0.05, 0) is 91.9 Å². The van der Waals surface area contributed by atoms with Gasteiger partial charge in [0.05, 0.1) is 12.6 Å². The van der Waals surface area contributed by atoms with E-state index in [1.165, 1.54) is 65.6 Å². The van der Waals surface area contributed by atoms with Gasteiger partial charge in [0.15, 0.2) is 5.54 Å². The number of likely N-dealkylation sites (tertiary alicyclic amines) is 1. The van der Waals surface area contributed by atoms with E-state index in [9.17, 15) is 23.1 Å². The summed E-state index contributed by atoms with van der Waals surface area (Å²) in [6, 6.07) is 17.8. The number of aliphatic imine (C=N–C) groups is 1. The highest BCUT2D eigenvalue weighted by Crippen LogP contribution is 2.40. The van der Waals surface area contributed by atoms with Crippen molar-refractivity contribution in [3.63, 3.8) is 0 Å². The van der Waals surface area contributed by atoms with Crippen molar-refractivity contribution in [3.8, 4) is 0 Å². The molecule has 38 heavy (non-hydrogen) atoms. The Bertz CT molecular complexity index is 1260. The molecule has 5 rings (SSSR count). The van der Waals surface area contributed by atoms with Gasteiger partial charge < -0.3 is 10.0 Å². The van der Waals surface area contributed by atoms with Crippen LogP contribution < -0.4 is 0 Å². The van der Waals surface area contributed by atoms with E-state index in [2.05, 4.69) is 4.90 Å². The highest BCUT2D eigenvalue weighted by atomic mass is 19.1. The van der Waals surface area contributed by atoms with Crippen molar-refractivity contribution in [2.75, 3.05) is 26.2 Å². The summed E-state index contributed by atoms with van der Waals surface area (Å²) in [5, 5.41) is 11.0. The number of rotatable bonds is 7. The van der Waals surface area contributed by atoms with Gasteiger partial charge in [0.1, 0.15) is 23.3 Å². The van der Waals surface area contributed by atoms with E-state index in [0.717, 1.165) is 31.5 Å². The van der Waals surface area contributed by atoms with Crippen LogP contribution in [0.3, 0.4) is 0 Å². The highest BCUT2D eigenvalue weighted by molar-refractivity contribution is 6.09. The van der Waals surface area contributed by atoms with Gasteiger partial charge in [0, 0.05) is 6.54 Å². The average Bonchev–Trinajstić information content (AvgIpc) is 3.16. The molecular formula is C30H30F3N3O2. The second kappa shape index (κ2) is 10.7. The number of carbonyl (C=O) groups is 1. The number of carbonyl (C=O) groups excluding carboxylic acids is 1. The van der Waals surface area contributed by atoms with E-state index < -0.39 is 23.3 Å². The molecule has 198 valence electrons. The van der Waals surface area contributed by atoms with Crippen LogP contribution >= 0.6 is 0 Å². The Labute approximate surface area is 220 Å². The monoisotopic (exact) mass is 521 g/mol. The zero-order valence-electron chi connectivity index (χ0n) is 21.2. The minimum absolute atomic E-state index is 0.0518. The first-order valence-electron chi connectivity index (χ1n) is 12.8. The molecule has 0 aliphatic carbocycles. The summed E-state index contributed by atoms with van der Waals surface area (Å²) in [5.74, 6) is -0.715. The molecule has 0 radical (unpaired) electrons. The van der Waals surface area contributed by atoms with E-state index in [1.54, 1.807) is 6.92 Å². The molecule has 1 fully saturated rings. The maximum atomic E-state index is 13.9. The summed E-state index contributed by atoms with van der Waals surface area (Å²) in [6.07, 6.45) is 0.989. The quantitative estimate of drug-likeness (QED) is 0.484. The summed E-state index contributed by atoms with van der Waals surface area (Å²) >= 11 is 0. The first-order chi connectivity index (χ1) is 18.3. The Morgan fingerprint density at radius 1 is 0.842 bits per heavy atom. The number of benzene rings is 3. The SMILES string of the molecule is CC1=NC(c2ccc(F)cc2)(c2ccc(F)cc2)C(=O)N1C[C@H](O)CN1CCC(c2ccc(F)cc2)CC1. The molecule has 0 unspecified atom stereocenters. The summed E-state index contributed by atoms with van der Waals surface area (Å²) in [5.41, 5.74) is 0.571. The fourth-order valence-corrected chi connectivity index (χ4v) is 5.58. The second-order valence-electron chi connectivity index (χ2n) is 10.1. The Morgan fingerprint density at radius 3 is 1.82 bits per heavy atom. The van der Waals surface area contributed by atoms with Crippen LogP contribution in [0.15, 0.2) is 77.8 Å². The molecule has 0 saturated carbocycles. The Morgan fingerprint density at radius 2 is 1.32 bits per heavy atom. The number of amides is 1. The predicted octanol–water partition coefficient (Wildman–Crippen LogP) is 4.85. The van der Waals surface area contributed by atoms with Crippen molar-refractivity contribution in [2.24, 2.45) is 4.99 Å². The van der Waals surface area contributed by atoms with E-state index in [-0.39, 0.29) is 18.3 Å². The zero-order chi connectivity index (χ0) is 26.9. The molecule has 2 heterocycles. The Kier molecular flexibility index (Phi) is 7.36. The summed E-state index contributed by atoms with van der Waals surface area (Å²) in [7, 11) is 0. The molecule has 0 bridgehead atoms.